The van der Waals surface area contributed by atoms with Crippen LogP contribution >= 0.6 is 0 Å². The smallest absolute Gasteiger partial charge is 0.384 e. The highest BCUT2D eigenvalue weighted by molar-refractivity contribution is 5.95. The molecular weight excluding hydrogens is 464 g/mol. The predicted octanol–water partition coefficient (Wildman–Crippen LogP) is 3.81. The van der Waals surface area contributed by atoms with Gasteiger partial charge < -0.3 is 10.6 Å². The summed E-state index contributed by atoms with van der Waals surface area (Å²) in [5.41, 5.74) is 8.68. The van der Waals surface area contributed by atoms with E-state index in [9.17, 15) is 18.0 Å². The number of amides is 1. The molecule has 35 heavy (non-hydrogen) atoms. The molecule has 7 nitrogen and oxygen atoms in total. The third kappa shape index (κ3) is 5.56. The van der Waals surface area contributed by atoms with Gasteiger partial charge in [-0.15, -0.1) is 0 Å². The van der Waals surface area contributed by atoms with Gasteiger partial charge in [0, 0.05) is 49.1 Å². The number of benzene rings is 1. The lowest BCUT2D eigenvalue weighted by atomic mass is 9.96. The zero-order valence-corrected chi connectivity index (χ0v) is 19.0. The Bertz CT molecular complexity index is 1210. The molecule has 3 aromatic rings. The monoisotopic (exact) mass is 488 g/mol. The van der Waals surface area contributed by atoms with Crippen LogP contribution < -0.4 is 5.73 Å². The van der Waals surface area contributed by atoms with Crippen molar-refractivity contribution in [2.45, 2.75) is 19.5 Å². The highest BCUT2D eigenvalue weighted by Crippen LogP contribution is 2.33. The number of hydrogen-bond acceptors (Lipinski definition) is 6. The molecule has 1 amide bonds. The van der Waals surface area contributed by atoms with Crippen LogP contribution in [0.3, 0.4) is 0 Å². The summed E-state index contributed by atoms with van der Waals surface area (Å²) in [5.74, 6) is -0.929. The number of hydrogen-bond donors (Lipinski definition) is 1. The molecule has 184 valence electrons. The van der Waals surface area contributed by atoms with Crippen molar-refractivity contribution in [3.05, 3.63) is 59.9 Å². The number of aryl methyl sites for hydroxylation is 1. The molecule has 0 atom stereocenters. The lowest BCUT2D eigenvalue weighted by Crippen LogP contribution is -2.51. The van der Waals surface area contributed by atoms with E-state index in [1.807, 2.05) is 6.92 Å². The Hall–Kier alpha value is -3.60. The molecule has 2 aromatic heterocycles. The van der Waals surface area contributed by atoms with Gasteiger partial charge in [0.25, 0.3) is 5.91 Å². The zero-order valence-electron chi connectivity index (χ0n) is 19.0. The first-order valence-corrected chi connectivity index (χ1v) is 11.1. The second-order valence-electron chi connectivity index (χ2n) is 8.25. The largest absolute Gasteiger partial charge is 0.401 e. The summed E-state index contributed by atoms with van der Waals surface area (Å²) in [6.45, 7) is 1.25. The van der Waals surface area contributed by atoms with Gasteiger partial charge in [-0.05, 0) is 30.7 Å². The zero-order chi connectivity index (χ0) is 25.2. The lowest BCUT2D eigenvalue weighted by molar-refractivity contribution is -0.148. The molecule has 0 saturated carbocycles. The molecule has 0 radical (unpaired) electrons. The summed E-state index contributed by atoms with van der Waals surface area (Å²) in [5, 5.41) is 0. The SMILES string of the molecule is CCc1ncnc(-c2ccc(C(=O)N3CCN(CC(F)(F)F)CC3)c(F)c2)c1-c1ccc(N)nc1. The molecule has 2 N–H and O–H groups in total. The Morgan fingerprint density at radius 1 is 1.03 bits per heavy atom. The second kappa shape index (κ2) is 9.95. The van der Waals surface area contributed by atoms with Crippen LogP contribution in [0.15, 0.2) is 42.9 Å². The number of alkyl halides is 3. The van der Waals surface area contributed by atoms with Crippen LogP contribution in [0.25, 0.3) is 22.4 Å². The number of halogens is 4. The maximum Gasteiger partial charge on any atom is 0.401 e. The van der Waals surface area contributed by atoms with Crippen LogP contribution in [0.2, 0.25) is 0 Å². The van der Waals surface area contributed by atoms with Gasteiger partial charge in [-0.1, -0.05) is 13.0 Å². The van der Waals surface area contributed by atoms with Gasteiger partial charge in [-0.25, -0.2) is 19.3 Å². The van der Waals surface area contributed by atoms with E-state index >= 15 is 4.39 Å². The molecule has 1 aliphatic rings. The van der Waals surface area contributed by atoms with E-state index in [0.29, 0.717) is 29.1 Å². The van der Waals surface area contributed by atoms with E-state index in [0.717, 1.165) is 11.3 Å². The van der Waals surface area contributed by atoms with Crippen molar-refractivity contribution in [2.24, 2.45) is 0 Å². The number of piperazine rings is 1. The molecule has 0 unspecified atom stereocenters. The maximum atomic E-state index is 15.1. The first kappa shape index (κ1) is 24.5. The Balaban J connectivity index is 1.59. The Kier molecular flexibility index (Phi) is 6.97. The number of anilines is 1. The van der Waals surface area contributed by atoms with Crippen LogP contribution in [-0.4, -0.2) is 69.6 Å². The molecule has 1 aromatic carbocycles. The predicted molar refractivity (Wildman–Crippen MR) is 123 cm³/mol. The van der Waals surface area contributed by atoms with Crippen molar-refractivity contribution in [1.82, 2.24) is 24.8 Å². The molecule has 11 heteroatoms. The molecule has 3 heterocycles. The van der Waals surface area contributed by atoms with Gasteiger partial charge in [-0.3, -0.25) is 9.69 Å². The quantitative estimate of drug-likeness (QED) is 0.550. The molecule has 4 rings (SSSR count). The van der Waals surface area contributed by atoms with Gasteiger partial charge in [0.2, 0.25) is 0 Å². The lowest BCUT2D eigenvalue weighted by Gasteiger charge is -2.35. The minimum absolute atomic E-state index is 0.0741. The fraction of sp³-hybridized carbons (Fsp3) is 0.333. The van der Waals surface area contributed by atoms with Crippen molar-refractivity contribution in [1.29, 1.82) is 0 Å². The van der Waals surface area contributed by atoms with Gasteiger partial charge in [0.05, 0.1) is 23.5 Å². The number of carbonyl (C=O) groups excluding carboxylic acids is 1. The van der Waals surface area contributed by atoms with Crippen molar-refractivity contribution in [3.8, 4) is 22.4 Å². The third-order valence-electron chi connectivity index (χ3n) is 5.87. The summed E-state index contributed by atoms with van der Waals surface area (Å²) >= 11 is 0. The minimum atomic E-state index is -4.30. The molecule has 1 fully saturated rings. The van der Waals surface area contributed by atoms with E-state index in [2.05, 4.69) is 15.0 Å². The van der Waals surface area contributed by atoms with Gasteiger partial charge in [0.15, 0.2) is 0 Å². The second-order valence-corrected chi connectivity index (χ2v) is 8.25. The van der Waals surface area contributed by atoms with Crippen LogP contribution in [0.4, 0.5) is 23.4 Å². The molecular formula is C24H24F4N6O. The number of nitrogens with zero attached hydrogens (tertiary/aromatic N) is 5. The normalized spacial score (nSPS) is 14.8. The summed E-state index contributed by atoms with van der Waals surface area (Å²) in [4.78, 5) is 28.3. The number of carbonyl (C=O) groups is 1. The molecule has 1 aliphatic heterocycles. The first-order chi connectivity index (χ1) is 16.7. The number of rotatable bonds is 5. The number of nitrogens with two attached hydrogens (primary N) is 1. The Morgan fingerprint density at radius 2 is 1.74 bits per heavy atom. The number of pyridine rings is 1. The van der Waals surface area contributed by atoms with Crippen LogP contribution in [0, 0.1) is 5.82 Å². The highest BCUT2D eigenvalue weighted by atomic mass is 19.4. The van der Waals surface area contributed by atoms with Gasteiger partial charge >= 0.3 is 6.18 Å². The minimum Gasteiger partial charge on any atom is -0.384 e. The van der Waals surface area contributed by atoms with E-state index in [-0.39, 0.29) is 31.7 Å². The van der Waals surface area contributed by atoms with E-state index in [1.165, 1.54) is 28.3 Å². The third-order valence-corrected chi connectivity index (χ3v) is 5.87. The first-order valence-electron chi connectivity index (χ1n) is 11.1. The van der Waals surface area contributed by atoms with Crippen molar-refractivity contribution < 1.29 is 22.4 Å². The highest BCUT2D eigenvalue weighted by Gasteiger charge is 2.33. The van der Waals surface area contributed by atoms with Gasteiger partial charge in [0.1, 0.15) is 18.0 Å². The molecule has 1 saturated heterocycles. The topological polar surface area (TPSA) is 88.2 Å². The maximum absolute atomic E-state index is 15.1. The Labute approximate surface area is 199 Å². The summed E-state index contributed by atoms with van der Waals surface area (Å²) in [6.07, 6.45) is -0.689. The van der Waals surface area contributed by atoms with E-state index in [4.69, 9.17) is 5.73 Å². The van der Waals surface area contributed by atoms with Crippen LogP contribution in [-0.2, 0) is 6.42 Å². The molecule has 0 bridgehead atoms. The number of aromatic nitrogens is 3. The standard InChI is InChI=1S/C24H24F4N6O/c1-2-19-21(16-4-6-20(29)30-12-16)22(32-14-31-19)15-3-5-17(18(25)11-15)23(35)34-9-7-33(8-10-34)13-24(26,27)28/h3-6,11-12,14H,2,7-10,13H2,1H3,(H2,29,30). The Morgan fingerprint density at radius 3 is 2.34 bits per heavy atom. The fourth-order valence-corrected chi connectivity index (χ4v) is 4.13. The average molecular weight is 488 g/mol. The van der Waals surface area contributed by atoms with E-state index in [1.54, 1.807) is 24.4 Å². The van der Waals surface area contributed by atoms with Crippen molar-refractivity contribution in [2.75, 3.05) is 38.5 Å². The summed E-state index contributed by atoms with van der Waals surface area (Å²) in [6, 6.07) is 7.67. The average Bonchev–Trinajstić information content (AvgIpc) is 2.83. The van der Waals surface area contributed by atoms with Crippen LogP contribution in [0.1, 0.15) is 23.0 Å². The molecule has 0 spiro atoms. The van der Waals surface area contributed by atoms with Crippen molar-refractivity contribution >= 4 is 11.7 Å². The summed E-state index contributed by atoms with van der Waals surface area (Å²) in [7, 11) is 0. The molecule has 0 aliphatic carbocycles. The van der Waals surface area contributed by atoms with Gasteiger partial charge in [-0.2, -0.15) is 13.2 Å². The van der Waals surface area contributed by atoms with Crippen molar-refractivity contribution in [3.63, 3.8) is 0 Å². The van der Waals surface area contributed by atoms with E-state index < -0.39 is 24.4 Å². The number of nitrogen functional groups attached to an aromatic ring is 1. The van der Waals surface area contributed by atoms with Crippen LogP contribution in [0.5, 0.6) is 0 Å². The summed E-state index contributed by atoms with van der Waals surface area (Å²) < 4.78 is 52.9. The fourth-order valence-electron chi connectivity index (χ4n) is 4.13.